The van der Waals surface area contributed by atoms with Crippen molar-refractivity contribution < 1.29 is 14.3 Å². The normalized spacial score (nSPS) is 12.3. The number of ether oxygens (including phenoxy) is 1. The molecule has 1 heterocycles. The lowest BCUT2D eigenvalue weighted by Gasteiger charge is -2.11. The van der Waals surface area contributed by atoms with Gasteiger partial charge in [0.1, 0.15) is 5.92 Å². The Labute approximate surface area is 104 Å². The molecule has 0 radical (unpaired) electrons. The van der Waals surface area contributed by atoms with Gasteiger partial charge in [0, 0.05) is 5.56 Å². The molecule has 1 N–H and O–H groups in total. The second kappa shape index (κ2) is 5.00. The van der Waals surface area contributed by atoms with E-state index in [0.29, 0.717) is 12.0 Å². The Morgan fingerprint density at radius 3 is 2.89 bits per heavy atom. The molecule has 1 atom stereocenters. The molecule has 0 amide bonds. The fourth-order valence-corrected chi connectivity index (χ4v) is 1.89. The molecule has 0 spiro atoms. The Morgan fingerprint density at radius 1 is 1.44 bits per heavy atom. The van der Waals surface area contributed by atoms with Crippen molar-refractivity contribution in [1.29, 1.82) is 0 Å². The van der Waals surface area contributed by atoms with Gasteiger partial charge >= 0.3 is 5.97 Å². The highest BCUT2D eigenvalue weighted by Crippen LogP contribution is 2.17. The number of imidazole rings is 1. The van der Waals surface area contributed by atoms with E-state index in [1.807, 2.05) is 0 Å². The van der Waals surface area contributed by atoms with Gasteiger partial charge in [-0.05, 0) is 24.6 Å². The van der Waals surface area contributed by atoms with E-state index in [1.165, 1.54) is 7.11 Å². The van der Waals surface area contributed by atoms with Gasteiger partial charge < -0.3 is 9.72 Å². The summed E-state index contributed by atoms with van der Waals surface area (Å²) < 4.78 is 4.64. The lowest BCUT2D eigenvalue weighted by atomic mass is 9.95. The van der Waals surface area contributed by atoms with E-state index < -0.39 is 11.9 Å². The number of methoxy groups -OCH3 is 1. The van der Waals surface area contributed by atoms with Gasteiger partial charge in [-0.2, -0.15) is 0 Å². The molecular weight excluding hydrogens is 232 g/mol. The maximum absolute atomic E-state index is 12.2. The quantitative estimate of drug-likeness (QED) is 0.508. The van der Waals surface area contributed by atoms with Crippen LogP contribution in [0.15, 0.2) is 24.5 Å². The number of H-pyrrole nitrogens is 1. The SMILES string of the molecule is CCC(C(=O)OC)C(=O)c1ccc2nc[nH]c2c1. The third-order valence-electron chi connectivity index (χ3n) is 2.92. The highest BCUT2D eigenvalue weighted by atomic mass is 16.5. The zero-order chi connectivity index (χ0) is 13.1. The summed E-state index contributed by atoms with van der Waals surface area (Å²) in [5.41, 5.74) is 2.06. The third kappa shape index (κ3) is 2.11. The number of nitrogens with one attached hydrogen (secondary N) is 1. The zero-order valence-corrected chi connectivity index (χ0v) is 10.3. The molecule has 0 saturated carbocycles. The summed E-state index contributed by atoms with van der Waals surface area (Å²) in [5.74, 6) is -1.46. The Kier molecular flexibility index (Phi) is 3.41. The minimum absolute atomic E-state index is 0.221. The number of esters is 1. The number of benzene rings is 1. The molecule has 2 rings (SSSR count). The highest BCUT2D eigenvalue weighted by Gasteiger charge is 2.26. The molecule has 18 heavy (non-hydrogen) atoms. The highest BCUT2D eigenvalue weighted by molar-refractivity contribution is 6.09. The Balaban J connectivity index is 2.34. The molecule has 1 aromatic heterocycles. The molecule has 0 fully saturated rings. The summed E-state index contributed by atoms with van der Waals surface area (Å²) in [7, 11) is 1.29. The van der Waals surface area contributed by atoms with Crippen molar-refractivity contribution in [2.24, 2.45) is 5.92 Å². The van der Waals surface area contributed by atoms with E-state index in [1.54, 1.807) is 31.5 Å². The van der Waals surface area contributed by atoms with Crippen LogP contribution in [0.25, 0.3) is 11.0 Å². The third-order valence-corrected chi connectivity index (χ3v) is 2.92. The number of aromatic amines is 1. The lowest BCUT2D eigenvalue weighted by Crippen LogP contribution is -2.24. The average molecular weight is 246 g/mol. The molecule has 5 nitrogen and oxygen atoms in total. The maximum Gasteiger partial charge on any atom is 0.316 e. The fraction of sp³-hybridized carbons (Fsp3) is 0.308. The molecule has 1 aromatic carbocycles. The summed E-state index contributed by atoms with van der Waals surface area (Å²) in [6.45, 7) is 1.79. The summed E-state index contributed by atoms with van der Waals surface area (Å²) in [6, 6.07) is 5.14. The number of Topliss-reactive ketones (excluding diaryl/α,β-unsaturated/α-hetero) is 1. The molecule has 2 aromatic rings. The van der Waals surface area contributed by atoms with E-state index in [-0.39, 0.29) is 5.78 Å². The molecule has 5 heteroatoms. The van der Waals surface area contributed by atoms with Crippen LogP contribution in [0.5, 0.6) is 0 Å². The number of nitrogens with zero attached hydrogens (tertiary/aromatic N) is 1. The summed E-state index contributed by atoms with van der Waals surface area (Å²) >= 11 is 0. The maximum atomic E-state index is 12.2. The summed E-state index contributed by atoms with van der Waals surface area (Å²) in [5, 5.41) is 0. The monoisotopic (exact) mass is 246 g/mol. The van der Waals surface area contributed by atoms with E-state index in [4.69, 9.17) is 0 Å². The summed E-state index contributed by atoms with van der Waals surface area (Å²) in [6.07, 6.45) is 1.99. The van der Waals surface area contributed by atoms with E-state index >= 15 is 0 Å². The van der Waals surface area contributed by atoms with Crippen LogP contribution in [0.4, 0.5) is 0 Å². The minimum atomic E-state index is -0.740. The molecule has 94 valence electrons. The molecule has 0 bridgehead atoms. The van der Waals surface area contributed by atoms with Crippen molar-refractivity contribution in [2.75, 3.05) is 7.11 Å². The molecular formula is C13H14N2O3. The van der Waals surface area contributed by atoms with Gasteiger partial charge in [0.15, 0.2) is 5.78 Å². The Morgan fingerprint density at radius 2 is 2.22 bits per heavy atom. The molecule has 0 aliphatic rings. The van der Waals surface area contributed by atoms with Crippen LogP contribution in [0.1, 0.15) is 23.7 Å². The van der Waals surface area contributed by atoms with E-state index in [0.717, 1.165) is 11.0 Å². The van der Waals surface area contributed by atoms with Gasteiger partial charge in [-0.3, -0.25) is 9.59 Å². The molecule has 0 saturated heterocycles. The van der Waals surface area contributed by atoms with Crippen molar-refractivity contribution in [3.05, 3.63) is 30.1 Å². The van der Waals surface area contributed by atoms with Gasteiger partial charge in [-0.25, -0.2) is 4.98 Å². The number of ketones is 1. The van der Waals surface area contributed by atoms with Crippen molar-refractivity contribution in [2.45, 2.75) is 13.3 Å². The van der Waals surface area contributed by atoms with Gasteiger partial charge in [0.2, 0.25) is 0 Å². The first-order chi connectivity index (χ1) is 8.67. The topological polar surface area (TPSA) is 72.1 Å². The van der Waals surface area contributed by atoms with Crippen LogP contribution in [0.2, 0.25) is 0 Å². The Hall–Kier alpha value is -2.17. The number of hydrogen-bond acceptors (Lipinski definition) is 4. The standard InChI is InChI=1S/C13H14N2O3/c1-3-9(13(17)18-2)12(16)8-4-5-10-11(6-8)15-7-14-10/h4-7,9H,3H2,1-2H3,(H,14,15). The number of fused-ring (bicyclic) bond motifs is 1. The number of carbonyl (C=O) groups excluding carboxylic acids is 2. The van der Waals surface area contributed by atoms with E-state index in [2.05, 4.69) is 14.7 Å². The second-order valence-corrected chi connectivity index (χ2v) is 3.98. The van der Waals surface area contributed by atoms with Crippen molar-refractivity contribution >= 4 is 22.8 Å². The van der Waals surface area contributed by atoms with Crippen LogP contribution >= 0.6 is 0 Å². The van der Waals surface area contributed by atoms with Crippen LogP contribution in [-0.4, -0.2) is 28.8 Å². The molecule has 0 aliphatic heterocycles. The Bertz CT molecular complexity index is 589. The zero-order valence-electron chi connectivity index (χ0n) is 10.3. The van der Waals surface area contributed by atoms with Gasteiger partial charge in [-0.1, -0.05) is 6.92 Å². The minimum Gasteiger partial charge on any atom is -0.468 e. The van der Waals surface area contributed by atoms with Crippen LogP contribution in [0.3, 0.4) is 0 Å². The van der Waals surface area contributed by atoms with Crippen LogP contribution in [0, 0.1) is 5.92 Å². The van der Waals surface area contributed by atoms with Gasteiger partial charge in [-0.15, -0.1) is 0 Å². The number of carbonyl (C=O) groups is 2. The average Bonchev–Trinajstić information content (AvgIpc) is 2.86. The van der Waals surface area contributed by atoms with Crippen molar-refractivity contribution in [3.8, 4) is 0 Å². The first kappa shape index (κ1) is 12.3. The van der Waals surface area contributed by atoms with E-state index in [9.17, 15) is 9.59 Å². The smallest absolute Gasteiger partial charge is 0.316 e. The van der Waals surface area contributed by atoms with Crippen molar-refractivity contribution in [1.82, 2.24) is 9.97 Å². The predicted molar refractivity (Wildman–Crippen MR) is 66.2 cm³/mol. The lowest BCUT2D eigenvalue weighted by molar-refractivity contribution is -0.143. The van der Waals surface area contributed by atoms with Crippen LogP contribution < -0.4 is 0 Å². The molecule has 1 unspecified atom stereocenters. The first-order valence-electron chi connectivity index (χ1n) is 5.72. The molecule has 0 aliphatic carbocycles. The van der Waals surface area contributed by atoms with Gasteiger partial charge in [0.05, 0.1) is 24.5 Å². The number of rotatable bonds is 4. The summed E-state index contributed by atoms with van der Waals surface area (Å²) in [4.78, 5) is 30.7. The largest absolute Gasteiger partial charge is 0.468 e. The van der Waals surface area contributed by atoms with Crippen molar-refractivity contribution in [3.63, 3.8) is 0 Å². The predicted octanol–water partition coefficient (Wildman–Crippen LogP) is 1.94. The number of hydrogen-bond donors (Lipinski definition) is 1. The van der Waals surface area contributed by atoms with Gasteiger partial charge in [0.25, 0.3) is 0 Å². The number of aromatic nitrogens is 2. The van der Waals surface area contributed by atoms with Crippen LogP contribution in [-0.2, 0) is 9.53 Å². The first-order valence-corrected chi connectivity index (χ1v) is 5.72. The second-order valence-electron chi connectivity index (χ2n) is 3.98. The fourth-order valence-electron chi connectivity index (χ4n) is 1.89.